The minimum absolute atomic E-state index is 0.0339. The van der Waals surface area contributed by atoms with Crippen LogP contribution >= 0.6 is 0 Å². The van der Waals surface area contributed by atoms with Crippen LogP contribution in [-0.2, 0) is 9.53 Å². The Kier molecular flexibility index (Phi) is 5.75. The van der Waals surface area contributed by atoms with E-state index in [0.29, 0.717) is 24.3 Å². The molecule has 114 valence electrons. The summed E-state index contributed by atoms with van der Waals surface area (Å²) in [5, 5.41) is 2.79. The lowest BCUT2D eigenvalue weighted by molar-refractivity contribution is -0.123. The second kappa shape index (κ2) is 7.78. The number of amides is 1. The fraction of sp³-hybridized carbons (Fsp3) is 0.500. The third-order valence-corrected chi connectivity index (χ3v) is 3.42. The lowest BCUT2D eigenvalue weighted by Crippen LogP contribution is -2.35. The molecule has 0 saturated carbocycles. The third-order valence-electron chi connectivity index (χ3n) is 3.42. The molecule has 0 spiro atoms. The second-order valence-electron chi connectivity index (χ2n) is 5.03. The Bertz CT molecular complexity index is 478. The molecule has 1 saturated heterocycles. The number of carbonyl (C=O) groups is 2. The molecule has 1 N–H and O–H groups in total. The highest BCUT2D eigenvalue weighted by Crippen LogP contribution is 2.13. The van der Waals surface area contributed by atoms with Crippen molar-refractivity contribution >= 4 is 11.7 Å². The zero-order valence-corrected chi connectivity index (χ0v) is 12.3. The molecule has 0 unspecified atom stereocenters. The predicted molar refractivity (Wildman–Crippen MR) is 78.5 cm³/mol. The Labute approximate surface area is 124 Å². The maximum Gasteiger partial charge on any atom is 0.258 e. The van der Waals surface area contributed by atoms with E-state index in [0.717, 1.165) is 19.4 Å². The smallest absolute Gasteiger partial charge is 0.258 e. The summed E-state index contributed by atoms with van der Waals surface area (Å²) in [5.41, 5.74) is 0.660. The van der Waals surface area contributed by atoms with Crippen LogP contribution in [0.4, 0.5) is 0 Å². The van der Waals surface area contributed by atoms with Gasteiger partial charge in [0, 0.05) is 25.1 Å². The zero-order chi connectivity index (χ0) is 15.1. The number of Topliss-reactive ketones (excluding diaryl/α,β-unsaturated/α-hetero) is 1. The quantitative estimate of drug-likeness (QED) is 0.780. The van der Waals surface area contributed by atoms with Gasteiger partial charge in [-0.15, -0.1) is 0 Å². The summed E-state index contributed by atoms with van der Waals surface area (Å²) < 4.78 is 10.8. The molecule has 2 rings (SSSR count). The molecule has 1 aromatic carbocycles. The van der Waals surface area contributed by atoms with Gasteiger partial charge in [0.1, 0.15) is 5.75 Å². The van der Waals surface area contributed by atoms with E-state index in [9.17, 15) is 9.59 Å². The molecular formula is C16H21NO4. The van der Waals surface area contributed by atoms with Gasteiger partial charge in [-0.05, 0) is 37.1 Å². The van der Waals surface area contributed by atoms with E-state index in [1.807, 2.05) is 6.92 Å². The maximum absolute atomic E-state index is 11.6. The normalized spacial score (nSPS) is 17.5. The minimum atomic E-state index is -0.167. The number of ether oxygens (including phenoxy) is 2. The number of carbonyl (C=O) groups excluding carboxylic acids is 2. The highest BCUT2D eigenvalue weighted by molar-refractivity contribution is 5.95. The molecule has 0 aromatic heterocycles. The third kappa shape index (κ3) is 4.86. The summed E-state index contributed by atoms with van der Waals surface area (Å²) >= 11 is 0. The van der Waals surface area contributed by atoms with Gasteiger partial charge in [-0.25, -0.2) is 0 Å². The first-order valence-electron chi connectivity index (χ1n) is 7.33. The van der Waals surface area contributed by atoms with Crippen molar-refractivity contribution in [2.24, 2.45) is 0 Å². The van der Waals surface area contributed by atoms with E-state index in [2.05, 4.69) is 5.32 Å². The Balaban J connectivity index is 1.71. The first-order valence-corrected chi connectivity index (χ1v) is 7.33. The van der Waals surface area contributed by atoms with Gasteiger partial charge in [0.2, 0.25) is 0 Å². The molecule has 5 nitrogen and oxygen atoms in total. The van der Waals surface area contributed by atoms with Crippen molar-refractivity contribution in [3.8, 4) is 5.75 Å². The number of hydrogen-bond donors (Lipinski definition) is 1. The van der Waals surface area contributed by atoms with Crippen LogP contribution in [0.2, 0.25) is 0 Å². The average molecular weight is 291 g/mol. The van der Waals surface area contributed by atoms with Crippen molar-refractivity contribution in [1.82, 2.24) is 5.32 Å². The largest absolute Gasteiger partial charge is 0.484 e. The molecule has 0 bridgehead atoms. The molecule has 0 radical (unpaired) electrons. The van der Waals surface area contributed by atoms with Gasteiger partial charge in [-0.2, -0.15) is 0 Å². The Hall–Kier alpha value is -1.88. The van der Waals surface area contributed by atoms with E-state index in [1.165, 1.54) is 0 Å². The van der Waals surface area contributed by atoms with Crippen molar-refractivity contribution < 1.29 is 19.1 Å². The van der Waals surface area contributed by atoms with Crippen molar-refractivity contribution in [2.45, 2.75) is 32.3 Å². The molecule has 1 amide bonds. The zero-order valence-electron chi connectivity index (χ0n) is 12.3. The van der Waals surface area contributed by atoms with E-state index in [4.69, 9.17) is 9.47 Å². The SMILES string of the molecule is CCC(=O)c1ccc(OCC(=O)NC[C@@H]2CCCO2)cc1. The number of hydrogen-bond acceptors (Lipinski definition) is 4. The maximum atomic E-state index is 11.6. The Morgan fingerprint density at radius 1 is 1.33 bits per heavy atom. The summed E-state index contributed by atoms with van der Waals surface area (Å²) in [7, 11) is 0. The second-order valence-corrected chi connectivity index (χ2v) is 5.03. The van der Waals surface area contributed by atoms with Crippen LogP contribution in [0.5, 0.6) is 5.75 Å². The van der Waals surface area contributed by atoms with E-state index >= 15 is 0 Å². The lowest BCUT2D eigenvalue weighted by atomic mass is 10.1. The van der Waals surface area contributed by atoms with Crippen LogP contribution in [-0.4, -0.2) is 37.6 Å². The fourth-order valence-electron chi connectivity index (χ4n) is 2.17. The molecule has 1 fully saturated rings. The highest BCUT2D eigenvalue weighted by atomic mass is 16.5. The molecule has 0 aliphatic carbocycles. The molecule has 1 aromatic rings. The first-order chi connectivity index (χ1) is 10.2. The standard InChI is InChI=1S/C16H21NO4/c1-2-15(18)12-5-7-13(8-6-12)21-11-16(19)17-10-14-4-3-9-20-14/h5-8,14H,2-4,9-11H2,1H3,(H,17,19)/t14-/m0/s1. The predicted octanol–water partition coefficient (Wildman–Crippen LogP) is 1.95. The highest BCUT2D eigenvalue weighted by Gasteiger charge is 2.16. The Morgan fingerprint density at radius 2 is 2.10 bits per heavy atom. The molecule has 1 aliphatic rings. The van der Waals surface area contributed by atoms with Crippen LogP contribution < -0.4 is 10.1 Å². The summed E-state index contributed by atoms with van der Waals surface area (Å²) in [6, 6.07) is 6.84. The van der Waals surface area contributed by atoms with Gasteiger partial charge < -0.3 is 14.8 Å². The summed E-state index contributed by atoms with van der Waals surface area (Å²) in [6.07, 6.45) is 2.66. The van der Waals surface area contributed by atoms with E-state index < -0.39 is 0 Å². The molecule has 5 heteroatoms. The summed E-state index contributed by atoms with van der Waals surface area (Å²) in [5.74, 6) is 0.505. The van der Waals surface area contributed by atoms with Crippen molar-refractivity contribution in [1.29, 1.82) is 0 Å². The van der Waals surface area contributed by atoms with Gasteiger partial charge in [-0.3, -0.25) is 9.59 Å². The van der Waals surface area contributed by atoms with Crippen LogP contribution in [0.25, 0.3) is 0 Å². The van der Waals surface area contributed by atoms with Gasteiger partial charge in [0.05, 0.1) is 6.10 Å². The monoisotopic (exact) mass is 291 g/mol. The molecular weight excluding hydrogens is 270 g/mol. The fourth-order valence-corrected chi connectivity index (χ4v) is 2.17. The van der Waals surface area contributed by atoms with Crippen LogP contribution in [0.15, 0.2) is 24.3 Å². The lowest BCUT2D eigenvalue weighted by Gasteiger charge is -2.11. The van der Waals surface area contributed by atoms with Crippen LogP contribution in [0, 0.1) is 0 Å². The number of rotatable bonds is 7. The van der Waals surface area contributed by atoms with E-state index in [1.54, 1.807) is 24.3 Å². The topological polar surface area (TPSA) is 64.6 Å². The average Bonchev–Trinajstić information content (AvgIpc) is 3.04. The van der Waals surface area contributed by atoms with Crippen molar-refractivity contribution in [2.75, 3.05) is 19.8 Å². The van der Waals surface area contributed by atoms with Gasteiger partial charge in [-0.1, -0.05) is 6.92 Å². The molecule has 1 heterocycles. The van der Waals surface area contributed by atoms with E-state index in [-0.39, 0.29) is 24.4 Å². The molecule has 1 aliphatic heterocycles. The van der Waals surface area contributed by atoms with Crippen LogP contribution in [0.3, 0.4) is 0 Å². The summed E-state index contributed by atoms with van der Waals surface area (Å²) in [6.45, 7) is 3.10. The van der Waals surface area contributed by atoms with Crippen molar-refractivity contribution in [3.05, 3.63) is 29.8 Å². The van der Waals surface area contributed by atoms with Gasteiger partial charge in [0.15, 0.2) is 12.4 Å². The number of nitrogens with one attached hydrogen (secondary N) is 1. The van der Waals surface area contributed by atoms with Crippen LogP contribution in [0.1, 0.15) is 36.5 Å². The summed E-state index contributed by atoms with van der Waals surface area (Å²) in [4.78, 5) is 23.1. The Morgan fingerprint density at radius 3 is 2.71 bits per heavy atom. The number of benzene rings is 1. The number of ketones is 1. The van der Waals surface area contributed by atoms with Gasteiger partial charge >= 0.3 is 0 Å². The molecule has 21 heavy (non-hydrogen) atoms. The first kappa shape index (κ1) is 15.5. The van der Waals surface area contributed by atoms with Gasteiger partial charge in [0.25, 0.3) is 5.91 Å². The van der Waals surface area contributed by atoms with Crippen molar-refractivity contribution in [3.63, 3.8) is 0 Å². The minimum Gasteiger partial charge on any atom is -0.484 e. The molecule has 1 atom stereocenters.